The molecule has 0 radical (unpaired) electrons. The van der Waals surface area contributed by atoms with E-state index < -0.39 is 0 Å². The smallest absolute Gasteiger partial charge is 0.304 e. The number of allylic oxidation sites excluding steroid dienone is 9. The largest absolute Gasteiger partial charge is 0.497 e. The van der Waals surface area contributed by atoms with E-state index >= 15 is 0 Å². The minimum absolute atomic E-state index is 0.0589. The molecule has 4 bridgehead atoms. The standard InChI is InChI=1S/C42H45IN5O/c1-28-22-36-26-40-38(23-28)42(35-13-8-11-34(25-35)16-15-33-12-9-19-47(43)20-17-33)46-48(40)31(4)18-21-49-32(5)39(27-44-6)41-29(2)10-7-14-37(45-41)24-30(36)3/h7-8,11,13-15,22-23,25-27,31H,1,3,6,9,12,16-21,24H2,2,4-5H3/q+1/b33-15-,39-32-/t31-/m0/s1. The predicted molar refractivity (Wildman–Crippen MR) is 214 cm³/mol. The summed E-state index contributed by atoms with van der Waals surface area (Å²) in [5.74, 6) is 0.747. The molecular weight excluding hydrogens is 717 g/mol. The van der Waals surface area contributed by atoms with Crippen LogP contribution in [0.2, 0.25) is 0 Å². The summed E-state index contributed by atoms with van der Waals surface area (Å²) in [4.78, 5) is 5.09. The zero-order valence-electron chi connectivity index (χ0n) is 28.9. The fourth-order valence-corrected chi connectivity index (χ4v) is 7.26. The van der Waals surface area contributed by atoms with Crippen molar-refractivity contribution in [3.05, 3.63) is 128 Å². The first-order chi connectivity index (χ1) is 23.7. The molecule has 0 spiro atoms. The molecule has 1 aromatic carbocycles. The lowest BCUT2D eigenvalue weighted by Crippen LogP contribution is -2.32. The average Bonchev–Trinajstić information content (AvgIpc) is 3.23. The van der Waals surface area contributed by atoms with Crippen molar-refractivity contribution in [2.45, 2.75) is 65.3 Å². The van der Waals surface area contributed by atoms with Crippen LogP contribution in [-0.2, 0) is 11.2 Å². The van der Waals surface area contributed by atoms with Crippen LogP contribution in [0.15, 0.2) is 117 Å². The van der Waals surface area contributed by atoms with Gasteiger partial charge in [0.15, 0.2) is 0 Å². The van der Waals surface area contributed by atoms with Crippen LogP contribution in [0.3, 0.4) is 0 Å². The topological polar surface area (TPSA) is 56.8 Å². The van der Waals surface area contributed by atoms with Crippen molar-refractivity contribution in [2.75, 3.05) is 19.7 Å². The van der Waals surface area contributed by atoms with Gasteiger partial charge in [-0.1, -0.05) is 43.0 Å². The quantitative estimate of drug-likeness (QED) is 0.0816. The monoisotopic (exact) mass is 762 g/mol. The molecule has 0 saturated carbocycles. The summed E-state index contributed by atoms with van der Waals surface area (Å²) in [6, 6.07) is 8.93. The van der Waals surface area contributed by atoms with E-state index in [2.05, 4.69) is 116 Å². The fraction of sp³-hybridized carbons (Fsp3) is 0.310. The van der Waals surface area contributed by atoms with Gasteiger partial charge >= 0.3 is 6.21 Å². The summed E-state index contributed by atoms with van der Waals surface area (Å²) in [7, 11) is 0. The van der Waals surface area contributed by atoms with Gasteiger partial charge in [0.1, 0.15) is 17.0 Å². The Balaban J connectivity index is 1.42. The van der Waals surface area contributed by atoms with E-state index in [0.29, 0.717) is 13.0 Å². The highest BCUT2D eigenvalue weighted by Gasteiger charge is 2.22. The Morgan fingerprint density at radius 2 is 2.00 bits per heavy atom. The zero-order valence-corrected chi connectivity index (χ0v) is 31.1. The highest BCUT2D eigenvalue weighted by molar-refractivity contribution is 14.1. The number of nitrogens with zero attached hydrogens (tertiary/aromatic N) is 5. The number of benzene rings is 1. The Kier molecular flexibility index (Phi) is 11.0. The summed E-state index contributed by atoms with van der Waals surface area (Å²) in [6.07, 6.45) is 20.4. The maximum atomic E-state index is 6.37. The third kappa shape index (κ3) is 8.14. The van der Waals surface area contributed by atoms with Crippen molar-refractivity contribution >= 4 is 53.7 Å². The molecule has 6 nitrogen and oxygen atoms in total. The number of aliphatic imine (C=N–C) groups is 1. The van der Waals surface area contributed by atoms with E-state index in [4.69, 9.17) is 14.8 Å². The minimum atomic E-state index is 0.0589. The highest BCUT2D eigenvalue weighted by atomic mass is 127. The first-order valence-corrected chi connectivity index (χ1v) is 18.1. The lowest BCUT2D eigenvalue weighted by molar-refractivity contribution is 0.191. The highest BCUT2D eigenvalue weighted by Crippen LogP contribution is 2.27. The molecule has 7 heteroatoms. The second-order valence-electron chi connectivity index (χ2n) is 13.2. The maximum Gasteiger partial charge on any atom is 0.304 e. The van der Waals surface area contributed by atoms with E-state index in [9.17, 15) is 0 Å². The number of ether oxygens (including phenoxy) is 1. The summed E-state index contributed by atoms with van der Waals surface area (Å²) in [5.41, 5.74) is 14.5. The molecule has 49 heavy (non-hydrogen) atoms. The second-order valence-corrected chi connectivity index (χ2v) is 14.6. The van der Waals surface area contributed by atoms with Crippen LogP contribution in [0, 0.1) is 0 Å². The van der Waals surface area contributed by atoms with Crippen LogP contribution in [0.5, 0.6) is 0 Å². The molecule has 4 heterocycles. The van der Waals surface area contributed by atoms with Gasteiger partial charge in [-0.25, -0.2) is 3.11 Å². The number of aromatic nitrogens is 2. The number of hydrogen-bond donors (Lipinski definition) is 0. The van der Waals surface area contributed by atoms with Gasteiger partial charge < -0.3 is 4.74 Å². The Labute approximate surface area is 304 Å². The fourth-order valence-electron chi connectivity index (χ4n) is 6.68. The maximum absolute atomic E-state index is 6.37. The van der Waals surface area contributed by atoms with Crippen molar-refractivity contribution in [3.63, 3.8) is 0 Å². The van der Waals surface area contributed by atoms with Gasteiger partial charge in [0.05, 0.1) is 23.7 Å². The zero-order chi connectivity index (χ0) is 34.5. The third-order valence-electron chi connectivity index (χ3n) is 9.46. The van der Waals surface area contributed by atoms with Crippen LogP contribution in [0.25, 0.3) is 23.4 Å². The van der Waals surface area contributed by atoms with Crippen LogP contribution >= 0.6 is 22.9 Å². The molecule has 0 N–H and O–H groups in total. The van der Waals surface area contributed by atoms with Crippen molar-refractivity contribution < 1.29 is 4.74 Å². The predicted octanol–water partition coefficient (Wildman–Crippen LogP) is 7.39. The molecule has 2 aromatic rings. The Hall–Kier alpha value is -4.26. The van der Waals surface area contributed by atoms with Crippen molar-refractivity contribution in [1.82, 2.24) is 17.6 Å². The Morgan fingerprint density at radius 3 is 2.84 bits per heavy atom. The molecule has 6 rings (SSSR count). The van der Waals surface area contributed by atoms with Crippen LogP contribution in [0.4, 0.5) is 0 Å². The van der Waals surface area contributed by atoms with Crippen LogP contribution < -0.4 is 15.2 Å². The normalized spacial score (nSPS) is 22.7. The van der Waals surface area contributed by atoms with Crippen LogP contribution in [0.1, 0.15) is 64.5 Å². The lowest BCUT2D eigenvalue weighted by Gasteiger charge is -2.15. The molecule has 1 atom stereocenters. The molecule has 1 fully saturated rings. The number of hydrogen-bond acceptors (Lipinski definition) is 4. The van der Waals surface area contributed by atoms with Gasteiger partial charge in [-0.3, -0.25) is 9.67 Å². The molecule has 4 aliphatic rings. The average molecular weight is 763 g/mol. The van der Waals surface area contributed by atoms with Gasteiger partial charge in [-0.05, 0) is 105 Å². The summed E-state index contributed by atoms with van der Waals surface area (Å²) < 4.78 is 15.0. The van der Waals surface area contributed by atoms with Crippen LogP contribution in [-0.4, -0.2) is 51.2 Å². The van der Waals surface area contributed by atoms with Crippen molar-refractivity contribution in [1.29, 1.82) is 0 Å². The number of halogens is 1. The molecule has 1 aliphatic carbocycles. The third-order valence-corrected chi connectivity index (χ3v) is 10.4. The van der Waals surface area contributed by atoms with Gasteiger partial charge in [0, 0.05) is 70.8 Å². The minimum Gasteiger partial charge on any atom is -0.497 e. The second kappa shape index (κ2) is 15.5. The van der Waals surface area contributed by atoms with E-state index in [1.54, 1.807) is 11.8 Å². The first kappa shape index (κ1) is 34.6. The Bertz CT molecular complexity index is 2100. The van der Waals surface area contributed by atoms with E-state index in [-0.39, 0.29) is 6.04 Å². The van der Waals surface area contributed by atoms with E-state index in [1.165, 1.54) is 24.9 Å². The molecule has 3 aliphatic heterocycles. The van der Waals surface area contributed by atoms with E-state index in [1.807, 2.05) is 26.0 Å². The van der Waals surface area contributed by atoms with Gasteiger partial charge in [0.25, 0.3) is 6.72 Å². The summed E-state index contributed by atoms with van der Waals surface area (Å²) >= 11 is 2.45. The number of fused-ring (bicyclic) bond motifs is 2. The Morgan fingerprint density at radius 1 is 1.14 bits per heavy atom. The molecular formula is C42H45IN5O+. The van der Waals surface area contributed by atoms with Gasteiger partial charge in [-0.2, -0.15) is 5.10 Å². The van der Waals surface area contributed by atoms with Gasteiger partial charge in [0.2, 0.25) is 0 Å². The van der Waals surface area contributed by atoms with E-state index in [0.717, 1.165) is 92.7 Å². The molecule has 1 aromatic heterocycles. The molecule has 1 saturated heterocycles. The summed E-state index contributed by atoms with van der Waals surface area (Å²) in [5, 5.41) is 7.45. The van der Waals surface area contributed by atoms with Crippen molar-refractivity contribution in [3.8, 4) is 11.3 Å². The molecule has 250 valence electrons. The summed E-state index contributed by atoms with van der Waals surface area (Å²) in [6.45, 7) is 21.7. The number of rotatable bonds is 4. The molecule has 0 amide bonds. The molecule has 0 unspecified atom stereocenters. The first-order valence-electron chi connectivity index (χ1n) is 17.1. The van der Waals surface area contributed by atoms with Gasteiger partial charge in [-0.15, -0.1) is 10.4 Å². The lowest BCUT2D eigenvalue weighted by atomic mass is 10.00. The SMILES string of the molecule is C=[N+]=C/C1=C(\C)OCC[C@H](C)n2nc(-c3cccc(C/C=C4/CCCN(I)CC4)c3)c3c2=CC(=CC(=C)C=3)C(=C)CC2=CC=C=C(C)C1=N2. The van der Waals surface area contributed by atoms with Crippen molar-refractivity contribution in [2.24, 2.45) is 4.99 Å².